The second-order valence-electron chi connectivity index (χ2n) is 4.98. The average Bonchev–Trinajstić information content (AvgIpc) is 2.89. The van der Waals surface area contributed by atoms with Gasteiger partial charge in [-0.05, 0) is 44.0 Å². The smallest absolute Gasteiger partial charge is 0.303 e. The van der Waals surface area contributed by atoms with Crippen LogP contribution in [0, 0.1) is 12.7 Å². The van der Waals surface area contributed by atoms with Gasteiger partial charge in [-0.15, -0.1) is 5.10 Å². The van der Waals surface area contributed by atoms with Gasteiger partial charge in [0.2, 0.25) is 5.82 Å². The van der Waals surface area contributed by atoms with Gasteiger partial charge in [0.05, 0.1) is 5.69 Å². The minimum Gasteiger partial charge on any atom is -0.481 e. The molecule has 2 aromatic rings. The molecule has 0 bridgehead atoms. The first-order valence-electron chi connectivity index (χ1n) is 7.17. The first-order valence-corrected chi connectivity index (χ1v) is 7.17. The van der Waals surface area contributed by atoms with Crippen LogP contribution in [0.5, 0.6) is 0 Å². The number of halogens is 1. The first-order chi connectivity index (χ1) is 11.0. The number of carboxylic acids is 1. The van der Waals surface area contributed by atoms with Gasteiger partial charge in [0.15, 0.2) is 0 Å². The molecule has 0 saturated carbocycles. The number of hydrogen-bond acceptors (Lipinski definition) is 4. The molecule has 8 heteroatoms. The Morgan fingerprint density at radius 1 is 1.26 bits per heavy atom. The number of carbonyl (C=O) groups excluding carboxylic acids is 1. The number of unbranched alkanes of at least 4 members (excludes halogenated alkanes) is 1. The van der Waals surface area contributed by atoms with Gasteiger partial charge >= 0.3 is 5.97 Å². The summed E-state index contributed by atoms with van der Waals surface area (Å²) in [6, 6.07) is 5.70. The number of carboxylic acid groups (broad SMARTS) is 1. The van der Waals surface area contributed by atoms with Gasteiger partial charge in [-0.3, -0.25) is 9.59 Å². The Morgan fingerprint density at radius 3 is 2.61 bits per heavy atom. The molecule has 0 saturated heterocycles. The van der Waals surface area contributed by atoms with Crippen LogP contribution in [-0.2, 0) is 4.79 Å². The zero-order chi connectivity index (χ0) is 16.8. The van der Waals surface area contributed by atoms with E-state index in [9.17, 15) is 14.0 Å². The van der Waals surface area contributed by atoms with Crippen molar-refractivity contribution in [2.75, 3.05) is 6.54 Å². The van der Waals surface area contributed by atoms with Crippen LogP contribution < -0.4 is 5.32 Å². The van der Waals surface area contributed by atoms with Crippen molar-refractivity contribution in [2.45, 2.75) is 26.2 Å². The molecule has 0 aliphatic rings. The Balaban J connectivity index is 1.96. The maximum atomic E-state index is 12.9. The monoisotopic (exact) mass is 320 g/mol. The van der Waals surface area contributed by atoms with Gasteiger partial charge in [-0.1, -0.05) is 0 Å². The van der Waals surface area contributed by atoms with Crippen LogP contribution in [0.1, 0.15) is 35.7 Å². The third-order valence-electron chi connectivity index (χ3n) is 3.15. The van der Waals surface area contributed by atoms with Crippen LogP contribution in [0.2, 0.25) is 0 Å². The summed E-state index contributed by atoms with van der Waals surface area (Å²) in [5.74, 6) is -1.11. The summed E-state index contributed by atoms with van der Waals surface area (Å²) >= 11 is 0. The maximum Gasteiger partial charge on any atom is 0.303 e. The lowest BCUT2D eigenvalue weighted by molar-refractivity contribution is -0.137. The van der Waals surface area contributed by atoms with Gasteiger partial charge in [0.1, 0.15) is 11.6 Å². The third kappa shape index (κ3) is 4.60. The van der Waals surface area contributed by atoms with Gasteiger partial charge in [0, 0.05) is 13.0 Å². The second-order valence-corrected chi connectivity index (χ2v) is 4.98. The van der Waals surface area contributed by atoms with Crippen molar-refractivity contribution in [1.82, 2.24) is 20.1 Å². The highest BCUT2D eigenvalue weighted by molar-refractivity contribution is 5.90. The lowest BCUT2D eigenvalue weighted by atomic mass is 10.2. The number of aryl methyl sites for hydroxylation is 1. The Hall–Kier alpha value is -2.77. The quantitative estimate of drug-likeness (QED) is 0.757. The minimum atomic E-state index is -0.855. The SMILES string of the molecule is Cc1nc(C(=O)NCCCCC(=O)O)nn1-c1ccc(F)cc1. The second kappa shape index (κ2) is 7.48. The largest absolute Gasteiger partial charge is 0.481 e. The highest BCUT2D eigenvalue weighted by Gasteiger charge is 2.14. The topological polar surface area (TPSA) is 97.1 Å². The highest BCUT2D eigenvalue weighted by atomic mass is 19.1. The molecule has 7 nitrogen and oxygen atoms in total. The van der Waals surface area contributed by atoms with Crippen molar-refractivity contribution in [2.24, 2.45) is 0 Å². The molecule has 2 N–H and O–H groups in total. The molecular weight excluding hydrogens is 303 g/mol. The van der Waals surface area contributed by atoms with Crippen molar-refractivity contribution in [3.8, 4) is 5.69 Å². The summed E-state index contributed by atoms with van der Waals surface area (Å²) < 4.78 is 14.4. The fraction of sp³-hybridized carbons (Fsp3) is 0.333. The van der Waals surface area contributed by atoms with Gasteiger partial charge in [-0.2, -0.15) is 0 Å². The normalized spacial score (nSPS) is 10.5. The predicted molar refractivity (Wildman–Crippen MR) is 79.9 cm³/mol. The molecule has 1 amide bonds. The van der Waals surface area contributed by atoms with E-state index in [-0.39, 0.29) is 18.1 Å². The minimum absolute atomic E-state index is 0.0186. The van der Waals surface area contributed by atoms with E-state index >= 15 is 0 Å². The van der Waals surface area contributed by atoms with Crippen LogP contribution in [0.15, 0.2) is 24.3 Å². The molecule has 1 aromatic carbocycles. The number of benzene rings is 1. The van der Waals surface area contributed by atoms with Crippen LogP contribution in [0.3, 0.4) is 0 Å². The average molecular weight is 320 g/mol. The molecule has 1 aromatic heterocycles. The van der Waals surface area contributed by atoms with E-state index in [0.29, 0.717) is 30.9 Å². The van der Waals surface area contributed by atoms with E-state index in [1.165, 1.54) is 16.8 Å². The summed E-state index contributed by atoms with van der Waals surface area (Å²) in [5, 5.41) is 15.3. The Bertz CT molecular complexity index is 697. The van der Waals surface area contributed by atoms with Crippen molar-refractivity contribution < 1.29 is 19.1 Å². The zero-order valence-electron chi connectivity index (χ0n) is 12.6. The van der Waals surface area contributed by atoms with Crippen molar-refractivity contribution in [3.63, 3.8) is 0 Å². The van der Waals surface area contributed by atoms with Crippen LogP contribution in [0.25, 0.3) is 5.69 Å². The standard InChI is InChI=1S/C15H17FN4O3/c1-10-18-14(15(23)17-9-3-2-4-13(21)22)19-20(10)12-7-5-11(16)6-8-12/h5-8H,2-4,9H2,1H3,(H,17,23)(H,21,22). The van der Waals surface area contributed by atoms with Crippen molar-refractivity contribution in [1.29, 1.82) is 0 Å². The number of nitrogens with zero attached hydrogens (tertiary/aromatic N) is 3. The first kappa shape index (κ1) is 16.6. The van der Waals surface area contributed by atoms with Crippen molar-refractivity contribution in [3.05, 3.63) is 41.7 Å². The van der Waals surface area contributed by atoms with E-state index < -0.39 is 11.9 Å². The Kier molecular flexibility index (Phi) is 5.40. The number of nitrogens with one attached hydrogen (secondary N) is 1. The number of hydrogen-bond donors (Lipinski definition) is 2. The molecular formula is C15H17FN4O3. The summed E-state index contributed by atoms with van der Waals surface area (Å²) in [6.45, 7) is 2.05. The van der Waals surface area contributed by atoms with Crippen LogP contribution >= 0.6 is 0 Å². The van der Waals surface area contributed by atoms with Gasteiger partial charge in [0.25, 0.3) is 5.91 Å². The fourth-order valence-electron chi connectivity index (χ4n) is 2.00. The van der Waals surface area contributed by atoms with E-state index in [1.54, 1.807) is 19.1 Å². The maximum absolute atomic E-state index is 12.9. The number of aliphatic carboxylic acids is 1. The Labute approximate surface area is 132 Å². The molecule has 0 fully saturated rings. The molecule has 122 valence electrons. The molecule has 0 aliphatic heterocycles. The van der Waals surface area contributed by atoms with E-state index in [2.05, 4.69) is 15.4 Å². The van der Waals surface area contributed by atoms with Gasteiger partial charge in [-0.25, -0.2) is 14.1 Å². The summed E-state index contributed by atoms with van der Waals surface area (Å²) in [6.07, 6.45) is 1.13. The summed E-state index contributed by atoms with van der Waals surface area (Å²) in [7, 11) is 0. The molecule has 0 unspecified atom stereocenters. The number of aromatic nitrogens is 3. The molecule has 0 aliphatic carbocycles. The molecule has 0 radical (unpaired) electrons. The summed E-state index contributed by atoms with van der Waals surface area (Å²) in [4.78, 5) is 26.4. The molecule has 2 rings (SSSR count). The lowest BCUT2D eigenvalue weighted by Crippen LogP contribution is -2.25. The Morgan fingerprint density at radius 2 is 1.96 bits per heavy atom. The van der Waals surface area contributed by atoms with Crippen LogP contribution in [-0.4, -0.2) is 38.3 Å². The van der Waals surface area contributed by atoms with E-state index in [0.717, 1.165) is 0 Å². The van der Waals surface area contributed by atoms with Crippen LogP contribution in [0.4, 0.5) is 4.39 Å². The van der Waals surface area contributed by atoms with E-state index in [4.69, 9.17) is 5.11 Å². The highest BCUT2D eigenvalue weighted by Crippen LogP contribution is 2.10. The number of carbonyl (C=O) groups is 2. The lowest BCUT2D eigenvalue weighted by Gasteiger charge is -2.02. The fourth-order valence-corrected chi connectivity index (χ4v) is 2.00. The van der Waals surface area contributed by atoms with Crippen molar-refractivity contribution >= 4 is 11.9 Å². The number of rotatable bonds is 7. The third-order valence-corrected chi connectivity index (χ3v) is 3.15. The zero-order valence-corrected chi connectivity index (χ0v) is 12.6. The molecule has 1 heterocycles. The molecule has 0 spiro atoms. The van der Waals surface area contributed by atoms with E-state index in [1.807, 2.05) is 0 Å². The summed E-state index contributed by atoms with van der Waals surface area (Å²) in [5.41, 5.74) is 0.608. The predicted octanol–water partition coefficient (Wildman–Crippen LogP) is 1.70. The van der Waals surface area contributed by atoms with Gasteiger partial charge < -0.3 is 10.4 Å². The molecule has 23 heavy (non-hydrogen) atoms. The molecule has 0 atom stereocenters. The number of amides is 1.